The summed E-state index contributed by atoms with van der Waals surface area (Å²) in [7, 11) is 1.81. The predicted molar refractivity (Wildman–Crippen MR) is 42.3 cm³/mol. The Morgan fingerprint density at radius 2 is 2.45 bits per heavy atom. The molecule has 0 aromatic heterocycles. The molecule has 1 saturated heterocycles. The van der Waals surface area contributed by atoms with Crippen LogP contribution in [0.5, 0.6) is 0 Å². The topological polar surface area (TPSA) is 29.5 Å². The summed E-state index contributed by atoms with van der Waals surface area (Å²) in [6, 6.07) is 0. The first-order chi connectivity index (χ1) is 5.25. The zero-order valence-corrected chi connectivity index (χ0v) is 7.17. The molecule has 3 nitrogen and oxygen atoms in total. The Hall–Kier alpha value is -0.570. The van der Waals surface area contributed by atoms with Crippen LogP contribution in [0.1, 0.15) is 19.8 Å². The smallest absolute Gasteiger partial charge is 0.251 e. The summed E-state index contributed by atoms with van der Waals surface area (Å²) in [5.41, 5.74) is 0. The normalized spacial score (nSPS) is 23.6. The molecule has 3 heteroatoms. The van der Waals surface area contributed by atoms with Gasteiger partial charge in [0.2, 0.25) is 0 Å². The van der Waals surface area contributed by atoms with E-state index in [0.29, 0.717) is 0 Å². The summed E-state index contributed by atoms with van der Waals surface area (Å²) in [5.74, 6) is 0.130. The van der Waals surface area contributed by atoms with Crippen LogP contribution in [0.15, 0.2) is 0 Å². The van der Waals surface area contributed by atoms with Gasteiger partial charge in [0, 0.05) is 20.2 Å². The quantitative estimate of drug-likeness (QED) is 0.589. The molecule has 0 aliphatic carbocycles. The van der Waals surface area contributed by atoms with E-state index in [4.69, 9.17) is 4.74 Å². The van der Waals surface area contributed by atoms with E-state index >= 15 is 0 Å². The first kappa shape index (κ1) is 8.53. The molecule has 0 saturated carbocycles. The molecule has 1 heterocycles. The molecule has 1 aliphatic rings. The number of ether oxygens (including phenoxy) is 1. The molecule has 0 N–H and O–H groups in total. The van der Waals surface area contributed by atoms with Crippen molar-refractivity contribution in [2.45, 2.75) is 25.9 Å². The number of hydrogen-bond donors (Lipinski definition) is 0. The fourth-order valence-corrected chi connectivity index (χ4v) is 1.17. The van der Waals surface area contributed by atoms with Crippen molar-refractivity contribution in [3.05, 3.63) is 0 Å². The summed E-state index contributed by atoms with van der Waals surface area (Å²) >= 11 is 0. The minimum atomic E-state index is -0.153. The summed E-state index contributed by atoms with van der Waals surface area (Å²) < 4.78 is 5.25. The van der Waals surface area contributed by atoms with Gasteiger partial charge in [0.25, 0.3) is 5.91 Å². The number of carbonyl (C=O) groups excluding carboxylic acids is 1. The molecule has 1 atom stereocenters. The molecule has 1 fully saturated rings. The first-order valence-electron chi connectivity index (χ1n) is 4.12. The Morgan fingerprint density at radius 1 is 1.73 bits per heavy atom. The fraction of sp³-hybridized carbons (Fsp3) is 0.875. The maximum absolute atomic E-state index is 11.4. The van der Waals surface area contributed by atoms with E-state index in [1.54, 1.807) is 4.90 Å². The SMILES string of the molecule is CCN(C)C(=O)[C@H]1CCCO1. The van der Waals surface area contributed by atoms with Gasteiger partial charge >= 0.3 is 0 Å². The maximum Gasteiger partial charge on any atom is 0.251 e. The molecular weight excluding hydrogens is 142 g/mol. The predicted octanol–water partition coefficient (Wildman–Crippen LogP) is 0.644. The Morgan fingerprint density at radius 3 is 2.91 bits per heavy atom. The Bertz CT molecular complexity index is 141. The second-order valence-electron chi connectivity index (χ2n) is 2.85. The molecule has 0 unspecified atom stereocenters. The summed E-state index contributed by atoms with van der Waals surface area (Å²) in [6.07, 6.45) is 1.76. The zero-order valence-electron chi connectivity index (χ0n) is 7.17. The zero-order chi connectivity index (χ0) is 8.27. The van der Waals surface area contributed by atoms with Crippen molar-refractivity contribution in [2.24, 2.45) is 0 Å². The van der Waals surface area contributed by atoms with Crippen molar-refractivity contribution in [1.29, 1.82) is 0 Å². The van der Waals surface area contributed by atoms with Crippen molar-refractivity contribution in [2.75, 3.05) is 20.2 Å². The Kier molecular flexibility index (Phi) is 2.88. The van der Waals surface area contributed by atoms with Crippen LogP contribution in [0.4, 0.5) is 0 Å². The third kappa shape index (κ3) is 1.93. The van der Waals surface area contributed by atoms with Gasteiger partial charge in [-0.1, -0.05) is 0 Å². The number of hydrogen-bond acceptors (Lipinski definition) is 2. The van der Waals surface area contributed by atoms with Gasteiger partial charge in [-0.3, -0.25) is 4.79 Å². The van der Waals surface area contributed by atoms with Crippen molar-refractivity contribution < 1.29 is 9.53 Å². The van der Waals surface area contributed by atoms with Gasteiger partial charge in [-0.15, -0.1) is 0 Å². The van der Waals surface area contributed by atoms with Gasteiger partial charge in [-0.25, -0.2) is 0 Å². The van der Waals surface area contributed by atoms with Crippen LogP contribution in [-0.4, -0.2) is 37.1 Å². The van der Waals surface area contributed by atoms with E-state index in [1.165, 1.54) is 0 Å². The van der Waals surface area contributed by atoms with Crippen LogP contribution in [-0.2, 0) is 9.53 Å². The molecule has 1 rings (SSSR count). The molecule has 0 aromatic carbocycles. The van der Waals surface area contributed by atoms with Gasteiger partial charge in [-0.2, -0.15) is 0 Å². The Labute approximate surface area is 67.3 Å². The summed E-state index contributed by atoms with van der Waals surface area (Å²) in [4.78, 5) is 13.1. The first-order valence-corrected chi connectivity index (χ1v) is 4.12. The highest BCUT2D eigenvalue weighted by molar-refractivity contribution is 5.80. The fourth-order valence-electron chi connectivity index (χ4n) is 1.17. The van der Waals surface area contributed by atoms with E-state index < -0.39 is 0 Å². The lowest BCUT2D eigenvalue weighted by Crippen LogP contribution is -2.35. The third-order valence-corrected chi connectivity index (χ3v) is 2.06. The Balaban J connectivity index is 2.39. The van der Waals surface area contributed by atoms with Gasteiger partial charge in [-0.05, 0) is 19.8 Å². The van der Waals surface area contributed by atoms with Gasteiger partial charge in [0.15, 0.2) is 0 Å². The molecular formula is C8H15NO2. The van der Waals surface area contributed by atoms with Crippen molar-refractivity contribution in [3.8, 4) is 0 Å². The van der Waals surface area contributed by atoms with Crippen molar-refractivity contribution in [3.63, 3.8) is 0 Å². The highest BCUT2D eigenvalue weighted by atomic mass is 16.5. The number of nitrogens with zero attached hydrogens (tertiary/aromatic N) is 1. The minimum absolute atomic E-state index is 0.130. The molecule has 64 valence electrons. The number of rotatable bonds is 2. The molecule has 0 bridgehead atoms. The lowest BCUT2D eigenvalue weighted by Gasteiger charge is -2.18. The van der Waals surface area contributed by atoms with E-state index in [1.807, 2.05) is 14.0 Å². The van der Waals surface area contributed by atoms with E-state index in [-0.39, 0.29) is 12.0 Å². The van der Waals surface area contributed by atoms with Crippen LogP contribution in [0.3, 0.4) is 0 Å². The molecule has 0 aromatic rings. The molecule has 0 spiro atoms. The van der Waals surface area contributed by atoms with E-state index in [2.05, 4.69) is 0 Å². The molecule has 11 heavy (non-hydrogen) atoms. The lowest BCUT2D eigenvalue weighted by atomic mass is 10.2. The second kappa shape index (κ2) is 3.72. The van der Waals surface area contributed by atoms with Crippen LogP contribution in [0.2, 0.25) is 0 Å². The minimum Gasteiger partial charge on any atom is -0.368 e. The van der Waals surface area contributed by atoms with Gasteiger partial charge in [0.05, 0.1) is 0 Å². The number of carbonyl (C=O) groups is 1. The monoisotopic (exact) mass is 157 g/mol. The molecule has 1 aliphatic heterocycles. The van der Waals surface area contributed by atoms with Gasteiger partial charge in [0.1, 0.15) is 6.10 Å². The maximum atomic E-state index is 11.4. The number of likely N-dealkylation sites (N-methyl/N-ethyl adjacent to an activating group) is 1. The average molecular weight is 157 g/mol. The number of amides is 1. The standard InChI is InChI=1S/C8H15NO2/c1-3-9(2)8(10)7-5-4-6-11-7/h7H,3-6H2,1-2H3/t7-/m1/s1. The van der Waals surface area contributed by atoms with Crippen LogP contribution >= 0.6 is 0 Å². The highest BCUT2D eigenvalue weighted by Crippen LogP contribution is 2.13. The van der Waals surface area contributed by atoms with Gasteiger partial charge < -0.3 is 9.64 Å². The van der Waals surface area contributed by atoms with E-state index in [0.717, 1.165) is 26.0 Å². The summed E-state index contributed by atoms with van der Waals surface area (Å²) in [5, 5.41) is 0. The van der Waals surface area contributed by atoms with Crippen LogP contribution in [0, 0.1) is 0 Å². The van der Waals surface area contributed by atoms with E-state index in [9.17, 15) is 4.79 Å². The second-order valence-corrected chi connectivity index (χ2v) is 2.85. The highest BCUT2D eigenvalue weighted by Gasteiger charge is 2.25. The molecule has 1 amide bonds. The van der Waals surface area contributed by atoms with Crippen molar-refractivity contribution in [1.82, 2.24) is 4.90 Å². The largest absolute Gasteiger partial charge is 0.368 e. The summed E-state index contributed by atoms with van der Waals surface area (Å²) in [6.45, 7) is 3.47. The van der Waals surface area contributed by atoms with Crippen molar-refractivity contribution >= 4 is 5.91 Å². The average Bonchev–Trinajstić information content (AvgIpc) is 2.53. The van der Waals surface area contributed by atoms with Crippen LogP contribution < -0.4 is 0 Å². The van der Waals surface area contributed by atoms with Crippen LogP contribution in [0.25, 0.3) is 0 Å². The third-order valence-electron chi connectivity index (χ3n) is 2.06. The lowest BCUT2D eigenvalue weighted by molar-refractivity contribution is -0.139. The molecule has 0 radical (unpaired) electrons.